The van der Waals surface area contributed by atoms with Crippen LogP contribution in [0.4, 0.5) is 0 Å². The van der Waals surface area contributed by atoms with E-state index in [9.17, 15) is 4.57 Å². The van der Waals surface area contributed by atoms with Crippen LogP contribution in [0.3, 0.4) is 0 Å². The highest BCUT2D eigenvalue weighted by Crippen LogP contribution is 2.47. The Morgan fingerprint density at radius 2 is 1.59 bits per heavy atom. The quantitative estimate of drug-likeness (QED) is 0.460. The van der Waals surface area contributed by atoms with E-state index in [1.54, 1.807) is 0 Å². The molecule has 0 saturated heterocycles. The van der Waals surface area contributed by atoms with Crippen LogP contribution in [0.1, 0.15) is 40.5 Å². The van der Waals surface area contributed by atoms with Gasteiger partial charge in [-0.1, -0.05) is 26.7 Å². The molecule has 1 N–H and O–H groups in total. The Kier molecular flexibility index (Phi) is 10.1. The molecule has 0 spiro atoms. The topological polar surface area (TPSA) is 47.6 Å². The highest BCUT2D eigenvalue weighted by atomic mass is 31.2. The Labute approximate surface area is 106 Å². The summed E-state index contributed by atoms with van der Waals surface area (Å²) in [5.41, 5.74) is 0. The van der Waals surface area contributed by atoms with Gasteiger partial charge in [0.15, 0.2) is 0 Å². The van der Waals surface area contributed by atoms with Gasteiger partial charge < -0.3 is 14.4 Å². The molecule has 0 aromatic heterocycles. The first-order valence-electron chi connectivity index (χ1n) is 6.70. The predicted molar refractivity (Wildman–Crippen MR) is 72.7 cm³/mol. The third-order valence-electron chi connectivity index (χ3n) is 2.80. The molecule has 0 heterocycles. The molecule has 0 bridgehead atoms. The van der Waals surface area contributed by atoms with Crippen molar-refractivity contribution in [1.82, 2.24) is 5.32 Å². The summed E-state index contributed by atoms with van der Waals surface area (Å²) in [7, 11) is -2.86. The van der Waals surface area contributed by atoms with Gasteiger partial charge in [-0.15, -0.1) is 0 Å². The van der Waals surface area contributed by atoms with Crippen molar-refractivity contribution in [1.29, 1.82) is 0 Å². The van der Waals surface area contributed by atoms with Crippen LogP contribution in [0, 0.1) is 5.92 Å². The highest BCUT2D eigenvalue weighted by Gasteiger charge is 2.22. The lowest BCUT2D eigenvalue weighted by molar-refractivity contribution is 0.220. The van der Waals surface area contributed by atoms with E-state index in [1.807, 2.05) is 13.8 Å². The summed E-state index contributed by atoms with van der Waals surface area (Å²) >= 11 is 0. The molecule has 4 nitrogen and oxygen atoms in total. The minimum absolute atomic E-state index is 0.434. The van der Waals surface area contributed by atoms with Gasteiger partial charge in [0, 0.05) is 6.54 Å². The number of nitrogens with one attached hydrogen (secondary N) is 1. The summed E-state index contributed by atoms with van der Waals surface area (Å²) in [6.07, 6.45) is 2.81. The summed E-state index contributed by atoms with van der Waals surface area (Å²) in [6, 6.07) is 0. The van der Waals surface area contributed by atoms with Crippen LogP contribution in [-0.4, -0.2) is 32.5 Å². The molecule has 0 radical (unpaired) electrons. The summed E-state index contributed by atoms with van der Waals surface area (Å²) < 4.78 is 22.6. The van der Waals surface area contributed by atoms with Gasteiger partial charge >= 0.3 is 7.60 Å². The highest BCUT2D eigenvalue weighted by molar-refractivity contribution is 7.53. The first-order valence-corrected chi connectivity index (χ1v) is 8.43. The van der Waals surface area contributed by atoms with Crippen LogP contribution in [0.25, 0.3) is 0 Å². The Morgan fingerprint density at radius 3 is 2.00 bits per heavy atom. The van der Waals surface area contributed by atoms with Crippen LogP contribution in [0.15, 0.2) is 0 Å². The van der Waals surface area contributed by atoms with Crippen LogP contribution in [0.5, 0.6) is 0 Å². The largest absolute Gasteiger partial charge is 0.331 e. The fraction of sp³-hybridized carbons (Fsp3) is 1.00. The fourth-order valence-corrected chi connectivity index (χ4v) is 3.21. The number of hydrogen-bond donors (Lipinski definition) is 1. The predicted octanol–water partition coefficient (Wildman–Crippen LogP) is 3.28. The molecule has 0 atom stereocenters. The standard InChI is InChI=1S/C12H28NO3P/c1-5-12(6-2)11-13-9-10-17(14,15-7-3)16-8-4/h12-13H,5-11H2,1-4H3. The van der Waals surface area contributed by atoms with Crippen molar-refractivity contribution in [2.45, 2.75) is 40.5 Å². The summed E-state index contributed by atoms with van der Waals surface area (Å²) in [5.74, 6) is 0.702. The zero-order valence-corrected chi connectivity index (χ0v) is 12.6. The van der Waals surface area contributed by atoms with Crippen LogP contribution < -0.4 is 5.32 Å². The SMILES string of the molecule is CCOP(=O)(CCNCC(CC)CC)OCC. The van der Waals surface area contributed by atoms with Gasteiger partial charge in [-0.25, -0.2) is 0 Å². The molecule has 0 rings (SSSR count). The molecule has 5 heteroatoms. The smallest absolute Gasteiger partial charge is 0.316 e. The molecule has 0 aromatic rings. The molecular weight excluding hydrogens is 237 g/mol. The molecule has 0 unspecified atom stereocenters. The van der Waals surface area contributed by atoms with Crippen molar-refractivity contribution >= 4 is 7.60 Å². The molecular formula is C12H28NO3P. The lowest BCUT2D eigenvalue weighted by Crippen LogP contribution is -2.25. The molecule has 0 amide bonds. The first kappa shape index (κ1) is 17.1. The average Bonchev–Trinajstić information content (AvgIpc) is 2.30. The monoisotopic (exact) mass is 265 g/mol. The van der Waals surface area contributed by atoms with Gasteiger partial charge in [0.05, 0.1) is 19.4 Å². The van der Waals surface area contributed by atoms with E-state index in [1.165, 1.54) is 12.8 Å². The second kappa shape index (κ2) is 10.1. The van der Waals surface area contributed by atoms with Crippen molar-refractivity contribution in [3.8, 4) is 0 Å². The fourth-order valence-electron chi connectivity index (χ4n) is 1.66. The first-order chi connectivity index (χ1) is 8.11. The van der Waals surface area contributed by atoms with Crippen molar-refractivity contribution in [2.75, 3.05) is 32.5 Å². The minimum Gasteiger partial charge on any atom is -0.316 e. The Hall–Kier alpha value is 0.110. The summed E-state index contributed by atoms with van der Waals surface area (Å²) in [5, 5.41) is 3.33. The van der Waals surface area contributed by atoms with E-state index in [0.29, 0.717) is 31.8 Å². The van der Waals surface area contributed by atoms with E-state index < -0.39 is 7.60 Å². The molecule has 0 aliphatic heterocycles. The van der Waals surface area contributed by atoms with Gasteiger partial charge in [0.2, 0.25) is 0 Å². The molecule has 0 aliphatic rings. The Balaban J connectivity index is 3.86. The Bertz CT molecular complexity index is 210. The van der Waals surface area contributed by atoms with Gasteiger partial charge in [-0.2, -0.15) is 0 Å². The van der Waals surface area contributed by atoms with E-state index in [2.05, 4.69) is 19.2 Å². The molecule has 17 heavy (non-hydrogen) atoms. The van der Waals surface area contributed by atoms with E-state index in [-0.39, 0.29) is 0 Å². The van der Waals surface area contributed by atoms with Gasteiger partial charge in [-0.05, 0) is 26.3 Å². The second-order valence-electron chi connectivity index (χ2n) is 4.06. The average molecular weight is 265 g/mol. The van der Waals surface area contributed by atoms with Gasteiger partial charge in [0.1, 0.15) is 0 Å². The zero-order chi connectivity index (χ0) is 13.1. The van der Waals surface area contributed by atoms with Gasteiger partial charge in [-0.3, -0.25) is 4.57 Å². The third-order valence-corrected chi connectivity index (χ3v) is 4.88. The van der Waals surface area contributed by atoms with E-state index >= 15 is 0 Å². The maximum atomic E-state index is 12.1. The molecule has 0 aliphatic carbocycles. The minimum atomic E-state index is -2.86. The lowest BCUT2D eigenvalue weighted by atomic mass is 10.0. The van der Waals surface area contributed by atoms with Crippen molar-refractivity contribution in [3.05, 3.63) is 0 Å². The van der Waals surface area contributed by atoms with Gasteiger partial charge in [0.25, 0.3) is 0 Å². The molecule has 0 fully saturated rings. The third kappa shape index (κ3) is 7.93. The van der Waals surface area contributed by atoms with Crippen molar-refractivity contribution in [2.24, 2.45) is 5.92 Å². The van der Waals surface area contributed by atoms with Crippen LogP contribution in [-0.2, 0) is 13.6 Å². The van der Waals surface area contributed by atoms with Crippen LogP contribution in [0.2, 0.25) is 0 Å². The summed E-state index contributed by atoms with van der Waals surface area (Å²) in [4.78, 5) is 0. The maximum absolute atomic E-state index is 12.1. The molecule has 104 valence electrons. The number of hydrogen-bond acceptors (Lipinski definition) is 4. The Morgan fingerprint density at radius 1 is 1.06 bits per heavy atom. The maximum Gasteiger partial charge on any atom is 0.331 e. The lowest BCUT2D eigenvalue weighted by Gasteiger charge is -2.18. The zero-order valence-electron chi connectivity index (χ0n) is 11.7. The van der Waals surface area contributed by atoms with Crippen LogP contribution >= 0.6 is 7.60 Å². The van der Waals surface area contributed by atoms with E-state index in [0.717, 1.165) is 6.54 Å². The normalized spacial score (nSPS) is 12.3. The number of rotatable bonds is 11. The molecule has 0 saturated carbocycles. The molecule has 0 aromatic carbocycles. The summed E-state index contributed by atoms with van der Waals surface area (Å²) in [6.45, 7) is 10.6. The van der Waals surface area contributed by atoms with E-state index in [4.69, 9.17) is 9.05 Å². The second-order valence-corrected chi connectivity index (χ2v) is 6.24. The van der Waals surface area contributed by atoms with Crippen molar-refractivity contribution in [3.63, 3.8) is 0 Å². The van der Waals surface area contributed by atoms with Crippen molar-refractivity contribution < 1.29 is 13.6 Å².